The van der Waals surface area contributed by atoms with Crippen molar-refractivity contribution in [2.45, 2.75) is 34.6 Å². The van der Waals surface area contributed by atoms with Crippen molar-refractivity contribution in [3.05, 3.63) is 53.1 Å². The molecule has 0 heteroatoms. The van der Waals surface area contributed by atoms with Crippen LogP contribution in [0.4, 0.5) is 0 Å². The van der Waals surface area contributed by atoms with Crippen molar-refractivity contribution < 1.29 is 0 Å². The first kappa shape index (κ1) is 13.7. The number of benzene rings is 1. The summed E-state index contributed by atoms with van der Waals surface area (Å²) in [5.41, 5.74) is 3.96. The van der Waals surface area contributed by atoms with Gasteiger partial charge in [0.2, 0.25) is 0 Å². The Kier molecular flexibility index (Phi) is 6.44. The SMILES string of the molecule is C.CC/C=C/C=C\c1cc(C)ccc1C. The normalized spacial score (nSPS) is 10.9. The first-order valence-electron chi connectivity index (χ1n) is 5.14. The summed E-state index contributed by atoms with van der Waals surface area (Å²) in [5.74, 6) is 0. The second-order valence-electron chi connectivity index (χ2n) is 3.56. The van der Waals surface area contributed by atoms with Crippen LogP contribution in [0.1, 0.15) is 37.5 Å². The maximum absolute atomic E-state index is 2.21. The molecule has 0 saturated carbocycles. The van der Waals surface area contributed by atoms with Gasteiger partial charge in [-0.2, -0.15) is 0 Å². The van der Waals surface area contributed by atoms with E-state index in [1.54, 1.807) is 0 Å². The van der Waals surface area contributed by atoms with E-state index < -0.39 is 0 Å². The van der Waals surface area contributed by atoms with Crippen LogP contribution in [0.25, 0.3) is 6.08 Å². The Hall–Kier alpha value is -1.30. The molecule has 0 radical (unpaired) electrons. The molecule has 0 fully saturated rings. The maximum Gasteiger partial charge on any atom is -0.0225 e. The van der Waals surface area contributed by atoms with Crippen LogP contribution in [-0.4, -0.2) is 0 Å². The lowest BCUT2D eigenvalue weighted by Crippen LogP contribution is -1.81. The second kappa shape index (κ2) is 7.05. The molecule has 0 heterocycles. The molecule has 1 aromatic rings. The Morgan fingerprint density at radius 2 is 1.87 bits per heavy atom. The smallest absolute Gasteiger partial charge is 0.0225 e. The van der Waals surface area contributed by atoms with Gasteiger partial charge in [0, 0.05) is 0 Å². The second-order valence-corrected chi connectivity index (χ2v) is 3.56. The first-order chi connectivity index (χ1) is 6.74. The predicted molar refractivity (Wildman–Crippen MR) is 71.1 cm³/mol. The molecular formula is C15H22. The molecule has 0 amide bonds. The minimum absolute atomic E-state index is 0. The molecule has 0 bridgehead atoms. The summed E-state index contributed by atoms with van der Waals surface area (Å²) in [4.78, 5) is 0. The highest BCUT2D eigenvalue weighted by Crippen LogP contribution is 2.12. The van der Waals surface area contributed by atoms with Gasteiger partial charge < -0.3 is 0 Å². The Morgan fingerprint density at radius 1 is 1.13 bits per heavy atom. The van der Waals surface area contributed by atoms with Crippen LogP contribution in [0.3, 0.4) is 0 Å². The van der Waals surface area contributed by atoms with E-state index >= 15 is 0 Å². The monoisotopic (exact) mass is 202 g/mol. The van der Waals surface area contributed by atoms with Gasteiger partial charge in [-0.3, -0.25) is 0 Å². The van der Waals surface area contributed by atoms with E-state index in [0.717, 1.165) is 6.42 Å². The van der Waals surface area contributed by atoms with Crippen molar-refractivity contribution in [3.63, 3.8) is 0 Å². The number of hydrogen-bond acceptors (Lipinski definition) is 0. The lowest BCUT2D eigenvalue weighted by molar-refractivity contribution is 1.22. The van der Waals surface area contributed by atoms with Crippen molar-refractivity contribution in [2.75, 3.05) is 0 Å². The van der Waals surface area contributed by atoms with Crippen LogP contribution >= 0.6 is 0 Å². The molecule has 0 nitrogen and oxygen atoms in total. The molecule has 0 aliphatic rings. The van der Waals surface area contributed by atoms with E-state index in [9.17, 15) is 0 Å². The van der Waals surface area contributed by atoms with Gasteiger partial charge in [0.15, 0.2) is 0 Å². The van der Waals surface area contributed by atoms with E-state index in [1.807, 2.05) is 0 Å². The van der Waals surface area contributed by atoms with E-state index in [1.165, 1.54) is 16.7 Å². The van der Waals surface area contributed by atoms with Crippen LogP contribution in [0.15, 0.2) is 36.4 Å². The van der Waals surface area contributed by atoms with E-state index in [2.05, 4.69) is 63.3 Å². The number of allylic oxidation sites excluding steroid dienone is 3. The summed E-state index contributed by atoms with van der Waals surface area (Å²) in [5, 5.41) is 0. The van der Waals surface area contributed by atoms with Gasteiger partial charge in [-0.05, 0) is 31.4 Å². The van der Waals surface area contributed by atoms with Gasteiger partial charge in [-0.25, -0.2) is 0 Å². The van der Waals surface area contributed by atoms with Gasteiger partial charge in [0.1, 0.15) is 0 Å². The topological polar surface area (TPSA) is 0 Å². The standard InChI is InChI=1S/C14H18.CH4/c1-4-5-6-7-8-14-11-12(2)9-10-13(14)3;/h5-11H,4H2,1-3H3;1H4/b6-5+,8-7-;. The van der Waals surface area contributed by atoms with Gasteiger partial charge in [0.25, 0.3) is 0 Å². The third-order valence-corrected chi connectivity index (χ3v) is 2.19. The molecular weight excluding hydrogens is 180 g/mol. The highest BCUT2D eigenvalue weighted by Gasteiger charge is 1.92. The Morgan fingerprint density at radius 3 is 2.53 bits per heavy atom. The van der Waals surface area contributed by atoms with Crippen LogP contribution in [0.5, 0.6) is 0 Å². The molecule has 0 aromatic heterocycles. The van der Waals surface area contributed by atoms with Crippen LogP contribution < -0.4 is 0 Å². The molecule has 15 heavy (non-hydrogen) atoms. The average molecular weight is 202 g/mol. The quantitative estimate of drug-likeness (QED) is 0.610. The molecule has 0 aliphatic carbocycles. The molecule has 0 saturated heterocycles. The fourth-order valence-electron chi connectivity index (χ4n) is 1.31. The van der Waals surface area contributed by atoms with Crippen molar-refractivity contribution in [2.24, 2.45) is 0 Å². The third kappa shape index (κ3) is 4.64. The Bertz CT molecular complexity index is 343. The summed E-state index contributed by atoms with van der Waals surface area (Å²) in [7, 11) is 0. The molecule has 0 spiro atoms. The van der Waals surface area contributed by atoms with E-state index in [4.69, 9.17) is 0 Å². The molecule has 82 valence electrons. The predicted octanol–water partition coefficient (Wildman–Crippen LogP) is 4.92. The van der Waals surface area contributed by atoms with Crippen molar-refractivity contribution in [1.29, 1.82) is 0 Å². The molecule has 0 N–H and O–H groups in total. The number of rotatable bonds is 3. The fourth-order valence-corrected chi connectivity index (χ4v) is 1.31. The number of aryl methyl sites for hydroxylation is 2. The van der Waals surface area contributed by atoms with Gasteiger partial charge >= 0.3 is 0 Å². The zero-order valence-corrected chi connectivity index (χ0v) is 9.25. The van der Waals surface area contributed by atoms with Crippen LogP contribution in [0, 0.1) is 13.8 Å². The molecule has 0 unspecified atom stereocenters. The lowest BCUT2D eigenvalue weighted by atomic mass is 10.1. The largest absolute Gasteiger partial charge is 0.0848 e. The fraction of sp³-hybridized carbons (Fsp3) is 0.333. The summed E-state index contributed by atoms with van der Waals surface area (Å²) in [6, 6.07) is 6.53. The summed E-state index contributed by atoms with van der Waals surface area (Å²) < 4.78 is 0. The summed E-state index contributed by atoms with van der Waals surface area (Å²) in [6.45, 7) is 6.41. The number of hydrogen-bond donors (Lipinski definition) is 0. The van der Waals surface area contributed by atoms with Gasteiger partial charge in [0.05, 0.1) is 0 Å². The molecule has 1 rings (SSSR count). The van der Waals surface area contributed by atoms with E-state index in [-0.39, 0.29) is 7.43 Å². The van der Waals surface area contributed by atoms with Gasteiger partial charge in [-0.1, -0.05) is 62.4 Å². The Labute approximate surface area is 94.3 Å². The highest BCUT2D eigenvalue weighted by atomic mass is 14.0. The first-order valence-corrected chi connectivity index (χ1v) is 5.14. The maximum atomic E-state index is 2.21. The van der Waals surface area contributed by atoms with Gasteiger partial charge in [-0.15, -0.1) is 0 Å². The minimum Gasteiger partial charge on any atom is -0.0848 e. The van der Waals surface area contributed by atoms with Crippen molar-refractivity contribution in [1.82, 2.24) is 0 Å². The lowest BCUT2D eigenvalue weighted by Gasteiger charge is -2.00. The molecule has 0 aliphatic heterocycles. The summed E-state index contributed by atoms with van der Waals surface area (Å²) in [6.07, 6.45) is 9.61. The van der Waals surface area contributed by atoms with Crippen LogP contribution in [0.2, 0.25) is 0 Å². The molecule has 1 aromatic carbocycles. The minimum atomic E-state index is 0. The zero-order chi connectivity index (χ0) is 10.4. The van der Waals surface area contributed by atoms with Crippen LogP contribution in [-0.2, 0) is 0 Å². The summed E-state index contributed by atoms with van der Waals surface area (Å²) >= 11 is 0. The van der Waals surface area contributed by atoms with E-state index in [0.29, 0.717) is 0 Å². The third-order valence-electron chi connectivity index (χ3n) is 2.19. The molecule has 0 atom stereocenters. The van der Waals surface area contributed by atoms with Crippen molar-refractivity contribution in [3.8, 4) is 0 Å². The highest BCUT2D eigenvalue weighted by molar-refractivity contribution is 5.55. The Balaban J connectivity index is 0.00000196. The average Bonchev–Trinajstić information content (AvgIpc) is 2.18. The van der Waals surface area contributed by atoms with Crippen molar-refractivity contribution >= 4 is 6.08 Å². The zero-order valence-electron chi connectivity index (χ0n) is 9.25.